The fourth-order valence-corrected chi connectivity index (χ4v) is 5.88. The molecule has 2 N–H and O–H groups in total. The molecular weight excluding hydrogens is 462 g/mol. The summed E-state index contributed by atoms with van der Waals surface area (Å²) in [7, 11) is 1.65. The Kier molecular flexibility index (Phi) is 7.36. The van der Waals surface area contributed by atoms with Crippen molar-refractivity contribution in [3.05, 3.63) is 48.0 Å². The highest BCUT2D eigenvalue weighted by Gasteiger charge is 2.17. The number of amides is 1. The highest BCUT2D eigenvalue weighted by molar-refractivity contribution is 8.02. The van der Waals surface area contributed by atoms with Gasteiger partial charge in [-0.05, 0) is 55.8 Å². The Morgan fingerprint density at radius 3 is 2.75 bits per heavy atom. The summed E-state index contributed by atoms with van der Waals surface area (Å²) in [5, 5.41) is 15.7. The van der Waals surface area contributed by atoms with Gasteiger partial charge in [-0.3, -0.25) is 4.79 Å². The Balaban J connectivity index is 1.34. The number of aryl methyl sites for hydroxylation is 1. The zero-order chi connectivity index (χ0) is 22.5. The molecule has 0 aliphatic carbocycles. The molecule has 10 heteroatoms. The fraction of sp³-hybridized carbons (Fsp3) is 0.273. The first-order chi connectivity index (χ1) is 15.5. The number of hydrogen-bond donors (Lipinski definition) is 2. The number of aromatic nitrogens is 3. The van der Waals surface area contributed by atoms with E-state index in [1.807, 2.05) is 31.2 Å². The summed E-state index contributed by atoms with van der Waals surface area (Å²) in [6, 6.07) is 14.1. The van der Waals surface area contributed by atoms with E-state index in [-0.39, 0.29) is 11.2 Å². The Morgan fingerprint density at radius 2 is 1.97 bits per heavy atom. The van der Waals surface area contributed by atoms with Crippen LogP contribution < -0.4 is 10.6 Å². The number of carbonyl (C=O) groups excluding carboxylic acids is 1. The third-order valence-electron chi connectivity index (χ3n) is 4.58. The average molecular weight is 486 g/mol. The van der Waals surface area contributed by atoms with Gasteiger partial charge in [0.05, 0.1) is 22.1 Å². The van der Waals surface area contributed by atoms with Crippen LogP contribution in [0, 0.1) is 6.92 Å². The van der Waals surface area contributed by atoms with Crippen molar-refractivity contribution in [2.24, 2.45) is 0 Å². The first-order valence-electron chi connectivity index (χ1n) is 10.0. The number of hydrogen-bond acceptors (Lipinski definition) is 9. The van der Waals surface area contributed by atoms with Gasteiger partial charge in [0.25, 0.3) is 0 Å². The predicted octanol–water partition coefficient (Wildman–Crippen LogP) is 5.30. The second kappa shape index (κ2) is 10.4. The Bertz CT molecular complexity index is 1210. The summed E-state index contributed by atoms with van der Waals surface area (Å²) in [5.74, 6) is -0.0812. The second-order valence-electron chi connectivity index (χ2n) is 7.11. The number of methoxy groups -OCH3 is 1. The zero-order valence-electron chi connectivity index (χ0n) is 17.9. The lowest BCUT2D eigenvalue weighted by Gasteiger charge is -2.10. The van der Waals surface area contributed by atoms with Crippen LogP contribution >= 0.6 is 34.4 Å². The van der Waals surface area contributed by atoms with Crippen molar-refractivity contribution in [1.29, 1.82) is 0 Å². The number of anilines is 2. The number of thiazole rings is 1. The number of fused-ring (bicyclic) bond motifs is 1. The van der Waals surface area contributed by atoms with Gasteiger partial charge in [-0.1, -0.05) is 29.2 Å². The third kappa shape index (κ3) is 5.63. The monoisotopic (exact) mass is 485 g/mol. The Morgan fingerprint density at radius 1 is 1.16 bits per heavy atom. The number of thioether (sulfide) groups is 1. The van der Waals surface area contributed by atoms with E-state index >= 15 is 0 Å². The highest BCUT2D eigenvalue weighted by Crippen LogP contribution is 2.32. The van der Waals surface area contributed by atoms with Gasteiger partial charge >= 0.3 is 0 Å². The SMILES string of the molecule is COCCNc1nnc(S[C@H](C)C(=O)Nc2ccc(-c3nc4ccc(C)cc4s3)cc2)s1. The minimum absolute atomic E-state index is 0.0812. The van der Waals surface area contributed by atoms with Crippen LogP contribution in [-0.4, -0.2) is 46.6 Å². The quantitative estimate of drug-likeness (QED) is 0.246. The molecule has 0 aliphatic heterocycles. The molecule has 4 rings (SSSR count). The summed E-state index contributed by atoms with van der Waals surface area (Å²) < 4.78 is 6.93. The van der Waals surface area contributed by atoms with Crippen molar-refractivity contribution >= 4 is 61.4 Å². The van der Waals surface area contributed by atoms with E-state index in [9.17, 15) is 4.79 Å². The van der Waals surface area contributed by atoms with Crippen LogP contribution in [0.3, 0.4) is 0 Å². The first-order valence-corrected chi connectivity index (χ1v) is 12.5. The summed E-state index contributed by atoms with van der Waals surface area (Å²) >= 11 is 4.49. The average Bonchev–Trinajstić information content (AvgIpc) is 3.41. The molecule has 0 bridgehead atoms. The normalized spacial score (nSPS) is 12.1. The van der Waals surface area contributed by atoms with E-state index in [4.69, 9.17) is 9.72 Å². The second-order valence-corrected chi connectivity index (χ2v) is 10.7. The minimum atomic E-state index is -0.304. The molecule has 4 aromatic rings. The maximum atomic E-state index is 12.6. The van der Waals surface area contributed by atoms with Crippen LogP contribution in [0.15, 0.2) is 46.8 Å². The molecule has 1 amide bonds. The maximum Gasteiger partial charge on any atom is 0.237 e. The number of benzene rings is 2. The van der Waals surface area contributed by atoms with E-state index in [1.165, 1.54) is 33.4 Å². The molecule has 0 radical (unpaired) electrons. The molecule has 32 heavy (non-hydrogen) atoms. The van der Waals surface area contributed by atoms with Crippen molar-refractivity contribution < 1.29 is 9.53 Å². The van der Waals surface area contributed by atoms with Gasteiger partial charge in [0.2, 0.25) is 11.0 Å². The number of carbonyl (C=O) groups is 1. The van der Waals surface area contributed by atoms with Gasteiger partial charge in [-0.15, -0.1) is 21.5 Å². The number of rotatable bonds is 9. The molecule has 2 aromatic carbocycles. The van der Waals surface area contributed by atoms with Crippen molar-refractivity contribution in [2.75, 3.05) is 30.9 Å². The van der Waals surface area contributed by atoms with Crippen LogP contribution in [0.4, 0.5) is 10.8 Å². The fourth-order valence-electron chi connectivity index (χ4n) is 2.89. The standard InChI is InChI=1S/C22H23N5O2S3/c1-13-4-9-17-18(12-13)31-20(25-17)15-5-7-16(8-6-15)24-19(28)14(2)30-22-27-26-21(32-22)23-10-11-29-3/h4-9,12,14H,10-11H2,1-3H3,(H,23,26)(H,24,28)/t14-/m1/s1. The molecule has 0 fully saturated rings. The van der Waals surface area contributed by atoms with Gasteiger partial charge in [-0.25, -0.2) is 4.98 Å². The molecule has 2 heterocycles. The zero-order valence-corrected chi connectivity index (χ0v) is 20.4. The lowest BCUT2D eigenvalue weighted by atomic mass is 10.2. The Labute approximate surface area is 198 Å². The maximum absolute atomic E-state index is 12.6. The molecule has 0 saturated heterocycles. The molecule has 166 valence electrons. The summed E-state index contributed by atoms with van der Waals surface area (Å²) in [5.41, 5.74) is 4.02. The minimum Gasteiger partial charge on any atom is -0.383 e. The molecular formula is C22H23N5O2S3. The number of nitrogens with one attached hydrogen (secondary N) is 2. The molecule has 0 unspecified atom stereocenters. The van der Waals surface area contributed by atoms with E-state index in [2.05, 4.69) is 46.0 Å². The van der Waals surface area contributed by atoms with Crippen LogP contribution in [0.1, 0.15) is 12.5 Å². The summed E-state index contributed by atoms with van der Waals surface area (Å²) in [4.78, 5) is 17.3. The van der Waals surface area contributed by atoms with Gasteiger partial charge in [0, 0.05) is 24.9 Å². The lowest BCUT2D eigenvalue weighted by molar-refractivity contribution is -0.115. The molecule has 0 saturated carbocycles. The number of nitrogens with zero attached hydrogens (tertiary/aromatic N) is 3. The molecule has 2 aromatic heterocycles. The van der Waals surface area contributed by atoms with E-state index in [1.54, 1.807) is 18.4 Å². The van der Waals surface area contributed by atoms with Crippen molar-refractivity contribution in [1.82, 2.24) is 15.2 Å². The molecule has 1 atom stereocenters. The highest BCUT2D eigenvalue weighted by atomic mass is 32.2. The van der Waals surface area contributed by atoms with E-state index in [0.717, 1.165) is 31.2 Å². The third-order valence-corrected chi connectivity index (χ3v) is 7.71. The molecule has 0 aliphatic rings. The lowest BCUT2D eigenvalue weighted by Crippen LogP contribution is -2.22. The van der Waals surface area contributed by atoms with Gasteiger partial charge in [-0.2, -0.15) is 0 Å². The van der Waals surface area contributed by atoms with Gasteiger partial charge < -0.3 is 15.4 Å². The van der Waals surface area contributed by atoms with Crippen molar-refractivity contribution in [2.45, 2.75) is 23.4 Å². The molecule has 7 nitrogen and oxygen atoms in total. The van der Waals surface area contributed by atoms with Crippen LogP contribution in [0.2, 0.25) is 0 Å². The van der Waals surface area contributed by atoms with Crippen molar-refractivity contribution in [3.8, 4) is 10.6 Å². The largest absolute Gasteiger partial charge is 0.383 e. The summed E-state index contributed by atoms with van der Waals surface area (Å²) in [6.45, 7) is 5.20. The van der Waals surface area contributed by atoms with Crippen LogP contribution in [0.5, 0.6) is 0 Å². The van der Waals surface area contributed by atoms with Crippen LogP contribution in [-0.2, 0) is 9.53 Å². The number of ether oxygens (including phenoxy) is 1. The first kappa shape index (κ1) is 22.7. The van der Waals surface area contributed by atoms with Gasteiger partial charge in [0.1, 0.15) is 5.01 Å². The predicted molar refractivity (Wildman–Crippen MR) is 134 cm³/mol. The van der Waals surface area contributed by atoms with Crippen molar-refractivity contribution in [3.63, 3.8) is 0 Å². The van der Waals surface area contributed by atoms with Gasteiger partial charge in [0.15, 0.2) is 4.34 Å². The smallest absolute Gasteiger partial charge is 0.237 e. The summed E-state index contributed by atoms with van der Waals surface area (Å²) in [6.07, 6.45) is 0. The van der Waals surface area contributed by atoms with E-state index < -0.39 is 0 Å². The Hall–Kier alpha value is -2.53. The van der Waals surface area contributed by atoms with Crippen LogP contribution in [0.25, 0.3) is 20.8 Å². The van der Waals surface area contributed by atoms with E-state index in [0.29, 0.717) is 13.2 Å². The topological polar surface area (TPSA) is 89.0 Å². The molecule has 0 spiro atoms.